The van der Waals surface area contributed by atoms with Crippen LogP contribution in [-0.2, 0) is 13.1 Å². The summed E-state index contributed by atoms with van der Waals surface area (Å²) in [7, 11) is 0. The molecule has 0 radical (unpaired) electrons. The molecular weight excluding hydrogens is 206 g/mol. The second-order valence-corrected chi connectivity index (χ2v) is 4.42. The predicted molar refractivity (Wildman–Crippen MR) is 64.3 cm³/mol. The molecule has 0 aliphatic carbocycles. The van der Waals surface area contributed by atoms with E-state index in [4.69, 9.17) is 0 Å². The first-order chi connectivity index (χ1) is 7.31. The first-order valence-electron chi connectivity index (χ1n) is 5.10. The molecule has 0 spiro atoms. The second kappa shape index (κ2) is 4.49. The van der Waals surface area contributed by atoms with Crippen molar-refractivity contribution < 1.29 is 0 Å². The van der Waals surface area contributed by atoms with Gasteiger partial charge in [0.15, 0.2) is 0 Å². The zero-order valence-corrected chi connectivity index (χ0v) is 9.84. The minimum absolute atomic E-state index is 0.883. The lowest BCUT2D eigenvalue weighted by Gasteiger charge is -2.04. The molecule has 2 aromatic heterocycles. The molecule has 15 heavy (non-hydrogen) atoms. The number of nitrogens with zero attached hydrogens (tertiary/aromatic N) is 2. The summed E-state index contributed by atoms with van der Waals surface area (Å²) >= 11 is 1.77. The standard InChI is InChI=1S/C11H15N3S/c1-3-14-9(2)11(8-13-14)12-7-10-5-4-6-15-10/h4-6,8,12H,3,7H2,1-2H3. The van der Waals surface area contributed by atoms with Crippen LogP contribution in [0.5, 0.6) is 0 Å². The summed E-state index contributed by atoms with van der Waals surface area (Å²) in [6.45, 7) is 6.00. The van der Waals surface area contributed by atoms with Crippen LogP contribution in [0.15, 0.2) is 23.7 Å². The number of aryl methyl sites for hydroxylation is 1. The minimum Gasteiger partial charge on any atom is -0.377 e. The number of hydrogen-bond donors (Lipinski definition) is 1. The van der Waals surface area contributed by atoms with Gasteiger partial charge in [-0.1, -0.05) is 6.07 Å². The maximum Gasteiger partial charge on any atom is 0.0759 e. The van der Waals surface area contributed by atoms with Gasteiger partial charge in [0.1, 0.15) is 0 Å². The number of nitrogens with one attached hydrogen (secondary N) is 1. The van der Waals surface area contributed by atoms with E-state index in [0.717, 1.165) is 18.8 Å². The predicted octanol–water partition coefficient (Wildman–Crippen LogP) is 2.89. The van der Waals surface area contributed by atoms with Gasteiger partial charge in [0, 0.05) is 18.0 Å². The van der Waals surface area contributed by atoms with E-state index < -0.39 is 0 Å². The Labute approximate surface area is 93.7 Å². The lowest BCUT2D eigenvalue weighted by atomic mass is 10.3. The molecule has 3 nitrogen and oxygen atoms in total. The molecule has 0 unspecified atom stereocenters. The van der Waals surface area contributed by atoms with Gasteiger partial charge in [-0.2, -0.15) is 5.10 Å². The first kappa shape index (κ1) is 10.2. The number of thiophene rings is 1. The summed E-state index contributed by atoms with van der Waals surface area (Å²) < 4.78 is 2.00. The molecule has 0 saturated heterocycles. The van der Waals surface area contributed by atoms with E-state index in [0.29, 0.717) is 0 Å². The van der Waals surface area contributed by atoms with Crippen LogP contribution in [0.3, 0.4) is 0 Å². The van der Waals surface area contributed by atoms with E-state index >= 15 is 0 Å². The summed E-state index contributed by atoms with van der Waals surface area (Å²) in [5.74, 6) is 0. The average molecular weight is 221 g/mol. The monoisotopic (exact) mass is 221 g/mol. The molecule has 0 aromatic carbocycles. The van der Waals surface area contributed by atoms with Crippen molar-refractivity contribution in [1.29, 1.82) is 0 Å². The van der Waals surface area contributed by atoms with Crippen LogP contribution in [0.1, 0.15) is 17.5 Å². The second-order valence-electron chi connectivity index (χ2n) is 3.39. The molecule has 0 aliphatic heterocycles. The molecule has 80 valence electrons. The quantitative estimate of drug-likeness (QED) is 0.860. The summed E-state index contributed by atoms with van der Waals surface area (Å²) in [6.07, 6.45) is 1.90. The van der Waals surface area contributed by atoms with Crippen molar-refractivity contribution in [3.8, 4) is 0 Å². The highest BCUT2D eigenvalue weighted by Crippen LogP contribution is 2.16. The Bertz CT molecular complexity index is 417. The molecule has 0 bridgehead atoms. The molecule has 0 atom stereocenters. The zero-order chi connectivity index (χ0) is 10.7. The highest BCUT2D eigenvalue weighted by molar-refractivity contribution is 7.09. The third kappa shape index (κ3) is 2.21. The Morgan fingerprint density at radius 3 is 3.00 bits per heavy atom. The number of aromatic nitrogens is 2. The lowest BCUT2D eigenvalue weighted by molar-refractivity contribution is 0.640. The SMILES string of the molecule is CCn1ncc(NCc2cccs2)c1C. The van der Waals surface area contributed by atoms with E-state index in [1.807, 2.05) is 10.9 Å². The smallest absolute Gasteiger partial charge is 0.0759 e. The van der Waals surface area contributed by atoms with Crippen molar-refractivity contribution in [2.45, 2.75) is 26.9 Å². The van der Waals surface area contributed by atoms with Crippen molar-refractivity contribution in [3.05, 3.63) is 34.3 Å². The third-order valence-corrected chi connectivity index (χ3v) is 3.31. The largest absolute Gasteiger partial charge is 0.377 e. The van der Waals surface area contributed by atoms with Crippen LogP contribution in [0, 0.1) is 6.92 Å². The molecule has 0 aliphatic rings. The summed E-state index contributed by atoms with van der Waals surface area (Å²) in [5.41, 5.74) is 2.33. The maximum atomic E-state index is 4.29. The number of rotatable bonds is 4. The van der Waals surface area contributed by atoms with Crippen molar-refractivity contribution in [2.24, 2.45) is 0 Å². The van der Waals surface area contributed by atoms with Gasteiger partial charge in [0.2, 0.25) is 0 Å². The highest BCUT2D eigenvalue weighted by atomic mass is 32.1. The Balaban J connectivity index is 2.02. The van der Waals surface area contributed by atoms with E-state index in [2.05, 4.69) is 41.8 Å². The Hall–Kier alpha value is -1.29. The van der Waals surface area contributed by atoms with Gasteiger partial charge in [-0.25, -0.2) is 0 Å². The highest BCUT2D eigenvalue weighted by Gasteiger charge is 2.04. The van der Waals surface area contributed by atoms with E-state index in [9.17, 15) is 0 Å². The molecule has 0 saturated carbocycles. The van der Waals surface area contributed by atoms with Crippen LogP contribution < -0.4 is 5.32 Å². The summed E-state index contributed by atoms with van der Waals surface area (Å²) in [6, 6.07) is 4.21. The van der Waals surface area contributed by atoms with E-state index in [1.165, 1.54) is 10.6 Å². The van der Waals surface area contributed by atoms with Gasteiger partial charge >= 0.3 is 0 Å². The van der Waals surface area contributed by atoms with Gasteiger partial charge in [-0.3, -0.25) is 4.68 Å². The van der Waals surface area contributed by atoms with Gasteiger partial charge in [0.05, 0.1) is 17.6 Å². The van der Waals surface area contributed by atoms with Gasteiger partial charge in [-0.05, 0) is 25.3 Å². The minimum atomic E-state index is 0.883. The van der Waals surface area contributed by atoms with Crippen molar-refractivity contribution >= 4 is 17.0 Å². The summed E-state index contributed by atoms with van der Waals surface area (Å²) in [4.78, 5) is 1.35. The zero-order valence-electron chi connectivity index (χ0n) is 9.03. The molecule has 2 heterocycles. The fourth-order valence-corrected chi connectivity index (χ4v) is 2.18. The van der Waals surface area contributed by atoms with Crippen molar-refractivity contribution in [3.63, 3.8) is 0 Å². The number of anilines is 1. The fourth-order valence-electron chi connectivity index (χ4n) is 1.53. The summed E-state index contributed by atoms with van der Waals surface area (Å²) in [5, 5.41) is 9.79. The molecule has 0 amide bonds. The third-order valence-electron chi connectivity index (χ3n) is 2.44. The fraction of sp³-hybridized carbons (Fsp3) is 0.364. The Morgan fingerprint density at radius 1 is 1.53 bits per heavy atom. The topological polar surface area (TPSA) is 29.9 Å². The van der Waals surface area contributed by atoms with Gasteiger partial charge in [0.25, 0.3) is 0 Å². The normalized spacial score (nSPS) is 10.5. The molecule has 4 heteroatoms. The molecule has 1 N–H and O–H groups in total. The average Bonchev–Trinajstić information content (AvgIpc) is 2.85. The molecule has 0 fully saturated rings. The maximum absolute atomic E-state index is 4.29. The van der Waals surface area contributed by atoms with Crippen LogP contribution >= 0.6 is 11.3 Å². The van der Waals surface area contributed by atoms with Crippen LogP contribution in [0.2, 0.25) is 0 Å². The van der Waals surface area contributed by atoms with Crippen molar-refractivity contribution in [2.75, 3.05) is 5.32 Å². The molecule has 2 aromatic rings. The lowest BCUT2D eigenvalue weighted by Crippen LogP contribution is -2.01. The van der Waals surface area contributed by atoms with Crippen molar-refractivity contribution in [1.82, 2.24) is 9.78 Å². The molecule has 2 rings (SSSR count). The van der Waals surface area contributed by atoms with Gasteiger partial charge in [-0.15, -0.1) is 11.3 Å². The van der Waals surface area contributed by atoms with Gasteiger partial charge < -0.3 is 5.32 Å². The van der Waals surface area contributed by atoms with E-state index in [-0.39, 0.29) is 0 Å². The Morgan fingerprint density at radius 2 is 2.40 bits per heavy atom. The molecular formula is C11H15N3S. The van der Waals surface area contributed by atoms with Crippen LogP contribution in [0.4, 0.5) is 5.69 Å². The van der Waals surface area contributed by atoms with Crippen LogP contribution in [0.25, 0.3) is 0 Å². The number of hydrogen-bond acceptors (Lipinski definition) is 3. The Kier molecular flexibility index (Phi) is 3.06. The van der Waals surface area contributed by atoms with Crippen LogP contribution in [-0.4, -0.2) is 9.78 Å². The van der Waals surface area contributed by atoms with E-state index in [1.54, 1.807) is 11.3 Å². The first-order valence-corrected chi connectivity index (χ1v) is 5.98.